The first-order chi connectivity index (χ1) is 7.42. The lowest BCUT2D eigenvalue weighted by Crippen LogP contribution is -2.39. The van der Waals surface area contributed by atoms with Crippen LogP contribution in [0.15, 0.2) is 18.2 Å². The Hall–Kier alpha value is -1.26. The first kappa shape index (κ1) is 12.8. The molecular weight excluding hydrogens is 202 g/mol. The van der Waals surface area contributed by atoms with E-state index in [1.54, 1.807) is 12.1 Å². The van der Waals surface area contributed by atoms with Gasteiger partial charge in [0.1, 0.15) is 5.69 Å². The number of carbonyl (C=O) groups excluding carboxylic acids is 1. The Morgan fingerprint density at radius 2 is 2.12 bits per heavy atom. The molecule has 0 aliphatic carbocycles. The highest BCUT2D eigenvalue weighted by Crippen LogP contribution is 2.02. The van der Waals surface area contributed by atoms with Crippen LogP contribution in [0.4, 0.5) is 0 Å². The molecule has 0 saturated carbocycles. The Labute approximate surface area is 96.3 Å². The second-order valence-corrected chi connectivity index (χ2v) is 4.75. The summed E-state index contributed by atoms with van der Waals surface area (Å²) in [5, 5.41) is 3.14. The predicted molar refractivity (Wildman–Crippen MR) is 64.2 cm³/mol. The number of ketones is 1. The molecule has 16 heavy (non-hydrogen) atoms. The number of rotatable bonds is 4. The molecule has 0 radical (unpaired) electrons. The maximum atomic E-state index is 11.8. The number of Topliss-reactive ketones (excluding diaryl/α,β-unsaturated/α-hetero) is 1. The third-order valence-corrected chi connectivity index (χ3v) is 2.08. The van der Waals surface area contributed by atoms with Gasteiger partial charge in [0.2, 0.25) is 0 Å². The van der Waals surface area contributed by atoms with Crippen LogP contribution in [-0.4, -0.2) is 22.9 Å². The first-order valence-corrected chi connectivity index (χ1v) is 5.36. The molecule has 0 aromatic carbocycles. The van der Waals surface area contributed by atoms with Crippen molar-refractivity contribution in [2.24, 2.45) is 5.73 Å². The summed E-state index contributed by atoms with van der Waals surface area (Å²) >= 11 is 0. The van der Waals surface area contributed by atoms with Crippen LogP contribution in [0.5, 0.6) is 0 Å². The zero-order valence-electron chi connectivity index (χ0n) is 10.1. The lowest BCUT2D eigenvalue weighted by Gasteiger charge is -2.19. The molecule has 0 saturated heterocycles. The van der Waals surface area contributed by atoms with Crippen molar-refractivity contribution >= 4 is 5.78 Å². The molecule has 0 fully saturated rings. The molecule has 0 unspecified atom stereocenters. The van der Waals surface area contributed by atoms with Crippen LogP contribution in [0.25, 0.3) is 0 Å². The predicted octanol–water partition coefficient (Wildman–Crippen LogP) is 1.11. The molecular formula is C12H19N3O. The normalized spacial score (nSPS) is 11.5. The fourth-order valence-electron chi connectivity index (χ4n) is 1.18. The van der Waals surface area contributed by atoms with Gasteiger partial charge in [0.15, 0.2) is 5.78 Å². The van der Waals surface area contributed by atoms with Crippen molar-refractivity contribution in [1.29, 1.82) is 0 Å². The molecule has 1 heterocycles. The Balaban J connectivity index is 2.66. The quantitative estimate of drug-likeness (QED) is 0.747. The zero-order valence-corrected chi connectivity index (χ0v) is 10.1. The smallest absolute Gasteiger partial charge is 0.194 e. The van der Waals surface area contributed by atoms with Crippen LogP contribution in [-0.2, 0) is 6.54 Å². The van der Waals surface area contributed by atoms with E-state index in [0.29, 0.717) is 18.8 Å². The van der Waals surface area contributed by atoms with Gasteiger partial charge in [0.25, 0.3) is 0 Å². The molecule has 0 atom stereocenters. The Kier molecular flexibility index (Phi) is 4.15. The van der Waals surface area contributed by atoms with Gasteiger partial charge in [0, 0.05) is 12.1 Å². The minimum atomic E-state index is -0.0683. The van der Waals surface area contributed by atoms with E-state index in [1.807, 2.05) is 26.8 Å². The molecule has 1 rings (SSSR count). The lowest BCUT2D eigenvalue weighted by atomic mass is 10.1. The molecule has 88 valence electrons. The Morgan fingerprint density at radius 3 is 2.69 bits per heavy atom. The lowest BCUT2D eigenvalue weighted by molar-refractivity contribution is 0.0977. The van der Waals surface area contributed by atoms with E-state index in [2.05, 4.69) is 10.3 Å². The number of nitrogens with two attached hydrogens (primary N) is 1. The minimum absolute atomic E-state index is 0.00905. The molecule has 3 N–H and O–H groups in total. The number of pyridine rings is 1. The van der Waals surface area contributed by atoms with Crippen LogP contribution >= 0.6 is 0 Å². The van der Waals surface area contributed by atoms with Crippen molar-refractivity contribution < 1.29 is 4.79 Å². The number of carbonyl (C=O) groups is 1. The highest BCUT2D eigenvalue weighted by molar-refractivity contribution is 5.95. The molecule has 1 aromatic heterocycles. The van der Waals surface area contributed by atoms with Crippen LogP contribution in [0.3, 0.4) is 0 Å². The maximum absolute atomic E-state index is 11.8. The average Bonchev–Trinajstić information content (AvgIpc) is 2.25. The van der Waals surface area contributed by atoms with Crippen molar-refractivity contribution in [3.05, 3.63) is 29.6 Å². The maximum Gasteiger partial charge on any atom is 0.194 e. The van der Waals surface area contributed by atoms with Gasteiger partial charge in [-0.1, -0.05) is 6.07 Å². The summed E-state index contributed by atoms with van der Waals surface area (Å²) in [5.74, 6) is -0.00905. The van der Waals surface area contributed by atoms with E-state index in [0.717, 1.165) is 5.69 Å². The van der Waals surface area contributed by atoms with Crippen LogP contribution in [0.2, 0.25) is 0 Å². The van der Waals surface area contributed by atoms with E-state index in [1.165, 1.54) is 0 Å². The third kappa shape index (κ3) is 4.08. The second-order valence-electron chi connectivity index (χ2n) is 4.75. The Bertz CT molecular complexity index is 369. The largest absolute Gasteiger partial charge is 0.325 e. The van der Waals surface area contributed by atoms with Crippen molar-refractivity contribution in [2.45, 2.75) is 32.9 Å². The highest BCUT2D eigenvalue weighted by Gasteiger charge is 2.13. The number of nitrogens with zero attached hydrogens (tertiary/aromatic N) is 1. The number of hydrogen-bond acceptors (Lipinski definition) is 4. The van der Waals surface area contributed by atoms with Crippen LogP contribution < -0.4 is 11.1 Å². The van der Waals surface area contributed by atoms with E-state index in [9.17, 15) is 4.79 Å². The van der Waals surface area contributed by atoms with E-state index < -0.39 is 0 Å². The van der Waals surface area contributed by atoms with E-state index in [4.69, 9.17) is 5.73 Å². The summed E-state index contributed by atoms with van der Waals surface area (Å²) < 4.78 is 0. The SMILES string of the molecule is CC(C)(C)NCC(=O)c1cccc(CN)n1. The summed E-state index contributed by atoms with van der Waals surface area (Å²) in [7, 11) is 0. The van der Waals surface area contributed by atoms with Gasteiger partial charge in [-0.25, -0.2) is 4.98 Å². The average molecular weight is 221 g/mol. The van der Waals surface area contributed by atoms with Crippen molar-refractivity contribution in [1.82, 2.24) is 10.3 Å². The van der Waals surface area contributed by atoms with Crippen LogP contribution in [0.1, 0.15) is 37.0 Å². The van der Waals surface area contributed by atoms with Crippen molar-refractivity contribution in [2.75, 3.05) is 6.54 Å². The molecule has 0 bridgehead atoms. The second kappa shape index (κ2) is 5.18. The highest BCUT2D eigenvalue weighted by atomic mass is 16.1. The number of hydrogen-bond donors (Lipinski definition) is 2. The summed E-state index contributed by atoms with van der Waals surface area (Å²) in [6, 6.07) is 5.33. The van der Waals surface area contributed by atoms with Gasteiger partial charge in [-0.3, -0.25) is 4.79 Å². The van der Waals surface area contributed by atoms with Gasteiger partial charge < -0.3 is 11.1 Å². The van der Waals surface area contributed by atoms with Gasteiger partial charge in [0.05, 0.1) is 12.2 Å². The number of nitrogens with one attached hydrogen (secondary N) is 1. The molecule has 0 spiro atoms. The summed E-state index contributed by atoms with van der Waals surface area (Å²) in [6.45, 7) is 6.70. The molecule has 1 aromatic rings. The summed E-state index contributed by atoms with van der Waals surface area (Å²) in [6.07, 6.45) is 0. The first-order valence-electron chi connectivity index (χ1n) is 5.36. The summed E-state index contributed by atoms with van der Waals surface area (Å²) in [4.78, 5) is 16.0. The molecule has 4 nitrogen and oxygen atoms in total. The van der Waals surface area contributed by atoms with Gasteiger partial charge in [-0.05, 0) is 32.9 Å². The molecule has 0 aliphatic heterocycles. The molecule has 0 amide bonds. The monoisotopic (exact) mass is 221 g/mol. The van der Waals surface area contributed by atoms with E-state index >= 15 is 0 Å². The van der Waals surface area contributed by atoms with E-state index in [-0.39, 0.29) is 11.3 Å². The molecule has 4 heteroatoms. The van der Waals surface area contributed by atoms with Crippen molar-refractivity contribution in [3.8, 4) is 0 Å². The van der Waals surface area contributed by atoms with Gasteiger partial charge in [-0.15, -0.1) is 0 Å². The van der Waals surface area contributed by atoms with Crippen LogP contribution in [0, 0.1) is 0 Å². The van der Waals surface area contributed by atoms with Gasteiger partial charge >= 0.3 is 0 Å². The van der Waals surface area contributed by atoms with Crippen molar-refractivity contribution in [3.63, 3.8) is 0 Å². The van der Waals surface area contributed by atoms with Gasteiger partial charge in [-0.2, -0.15) is 0 Å². The Morgan fingerprint density at radius 1 is 1.44 bits per heavy atom. The fourth-order valence-corrected chi connectivity index (χ4v) is 1.18. The third-order valence-electron chi connectivity index (χ3n) is 2.08. The molecule has 0 aliphatic rings. The standard InChI is InChI=1S/C12H19N3O/c1-12(2,3)14-8-11(16)10-6-4-5-9(7-13)15-10/h4-6,14H,7-8,13H2,1-3H3. The summed E-state index contributed by atoms with van der Waals surface area (Å²) in [5.41, 5.74) is 6.61. The topological polar surface area (TPSA) is 68.0 Å². The fraction of sp³-hybridized carbons (Fsp3) is 0.500. The minimum Gasteiger partial charge on any atom is -0.325 e. The zero-order chi connectivity index (χ0) is 12.2. The number of aromatic nitrogens is 1.